The van der Waals surface area contributed by atoms with Crippen molar-refractivity contribution in [3.8, 4) is 10.6 Å². The summed E-state index contributed by atoms with van der Waals surface area (Å²) in [4.78, 5) is 20.9. The SMILES string of the molecule is Cc1csc(-c2cccc(C(=O)NC(C)Cn3ccnc3)c2)n1. The van der Waals surface area contributed by atoms with Crippen molar-refractivity contribution in [2.45, 2.75) is 26.4 Å². The molecule has 1 N–H and O–H groups in total. The van der Waals surface area contributed by atoms with Gasteiger partial charge in [-0.25, -0.2) is 9.97 Å². The third kappa shape index (κ3) is 3.84. The summed E-state index contributed by atoms with van der Waals surface area (Å²) in [5.74, 6) is -0.0762. The second-order valence-electron chi connectivity index (χ2n) is 5.51. The van der Waals surface area contributed by atoms with Crippen molar-refractivity contribution in [1.29, 1.82) is 0 Å². The van der Waals surface area contributed by atoms with Gasteiger partial charge < -0.3 is 9.88 Å². The molecular formula is C17H18N4OS. The molecule has 1 atom stereocenters. The smallest absolute Gasteiger partial charge is 0.251 e. The van der Waals surface area contributed by atoms with Gasteiger partial charge in [-0.05, 0) is 26.0 Å². The summed E-state index contributed by atoms with van der Waals surface area (Å²) in [6.45, 7) is 4.64. The van der Waals surface area contributed by atoms with Gasteiger partial charge >= 0.3 is 0 Å². The molecular weight excluding hydrogens is 308 g/mol. The number of carbonyl (C=O) groups excluding carboxylic acids is 1. The first-order chi connectivity index (χ1) is 11.1. The van der Waals surface area contributed by atoms with E-state index in [1.54, 1.807) is 23.9 Å². The van der Waals surface area contributed by atoms with Gasteiger partial charge in [0.1, 0.15) is 5.01 Å². The van der Waals surface area contributed by atoms with E-state index in [1.807, 2.05) is 54.3 Å². The molecule has 6 heteroatoms. The van der Waals surface area contributed by atoms with Crippen molar-refractivity contribution in [1.82, 2.24) is 19.9 Å². The summed E-state index contributed by atoms with van der Waals surface area (Å²) in [5.41, 5.74) is 2.61. The molecule has 23 heavy (non-hydrogen) atoms. The summed E-state index contributed by atoms with van der Waals surface area (Å²) >= 11 is 1.59. The van der Waals surface area contributed by atoms with Crippen LogP contribution in [-0.4, -0.2) is 26.5 Å². The largest absolute Gasteiger partial charge is 0.348 e. The molecule has 0 spiro atoms. The monoisotopic (exact) mass is 326 g/mol. The fourth-order valence-electron chi connectivity index (χ4n) is 2.34. The molecule has 0 bridgehead atoms. The zero-order valence-corrected chi connectivity index (χ0v) is 13.9. The number of imidazole rings is 1. The topological polar surface area (TPSA) is 59.8 Å². The summed E-state index contributed by atoms with van der Waals surface area (Å²) in [5, 5.41) is 5.96. The van der Waals surface area contributed by atoms with Gasteiger partial charge in [0.2, 0.25) is 0 Å². The molecule has 2 aromatic heterocycles. The normalized spacial score (nSPS) is 12.1. The van der Waals surface area contributed by atoms with E-state index in [9.17, 15) is 4.79 Å². The van der Waals surface area contributed by atoms with E-state index in [0.717, 1.165) is 16.3 Å². The minimum absolute atomic E-state index is 0.0162. The molecule has 0 saturated heterocycles. The van der Waals surface area contributed by atoms with Gasteiger partial charge in [-0.1, -0.05) is 12.1 Å². The zero-order chi connectivity index (χ0) is 16.2. The van der Waals surface area contributed by atoms with Crippen LogP contribution in [0.5, 0.6) is 0 Å². The van der Waals surface area contributed by atoms with Gasteiger partial charge in [0, 0.05) is 47.2 Å². The molecule has 1 aromatic carbocycles. The van der Waals surface area contributed by atoms with Crippen molar-refractivity contribution in [3.63, 3.8) is 0 Å². The lowest BCUT2D eigenvalue weighted by molar-refractivity contribution is 0.0936. The van der Waals surface area contributed by atoms with Crippen LogP contribution < -0.4 is 5.32 Å². The second kappa shape index (κ2) is 6.75. The number of benzene rings is 1. The molecule has 118 valence electrons. The van der Waals surface area contributed by atoms with Crippen molar-refractivity contribution in [2.75, 3.05) is 0 Å². The van der Waals surface area contributed by atoms with Crippen molar-refractivity contribution < 1.29 is 4.79 Å². The van der Waals surface area contributed by atoms with E-state index in [2.05, 4.69) is 15.3 Å². The Kier molecular flexibility index (Phi) is 4.52. The van der Waals surface area contributed by atoms with Crippen LogP contribution >= 0.6 is 11.3 Å². The minimum atomic E-state index is -0.0762. The number of nitrogens with zero attached hydrogens (tertiary/aromatic N) is 3. The second-order valence-corrected chi connectivity index (χ2v) is 6.37. The van der Waals surface area contributed by atoms with Crippen LogP contribution in [0.1, 0.15) is 23.0 Å². The average molecular weight is 326 g/mol. The molecule has 1 unspecified atom stereocenters. The highest BCUT2D eigenvalue weighted by molar-refractivity contribution is 7.13. The maximum absolute atomic E-state index is 12.4. The minimum Gasteiger partial charge on any atom is -0.348 e. The molecule has 2 heterocycles. The van der Waals surface area contributed by atoms with Crippen LogP contribution in [0.4, 0.5) is 0 Å². The molecule has 0 aliphatic carbocycles. The lowest BCUT2D eigenvalue weighted by atomic mass is 10.1. The fourth-order valence-corrected chi connectivity index (χ4v) is 3.14. The van der Waals surface area contributed by atoms with Crippen molar-refractivity contribution in [3.05, 3.63) is 59.6 Å². The lowest BCUT2D eigenvalue weighted by Gasteiger charge is -2.14. The third-order valence-electron chi connectivity index (χ3n) is 3.41. The van der Waals surface area contributed by atoms with Crippen molar-refractivity contribution >= 4 is 17.2 Å². The van der Waals surface area contributed by atoms with Crippen LogP contribution in [0.25, 0.3) is 10.6 Å². The quantitative estimate of drug-likeness (QED) is 0.783. The number of nitrogens with one attached hydrogen (secondary N) is 1. The van der Waals surface area contributed by atoms with Gasteiger partial charge in [-0.2, -0.15) is 0 Å². The predicted octanol–water partition coefficient (Wildman–Crippen LogP) is 3.13. The molecule has 3 rings (SSSR count). The standard InChI is InChI=1S/C17H18N4OS/c1-12(9-21-7-6-18-11-21)19-16(22)14-4-3-5-15(8-14)17-20-13(2)10-23-17/h3-8,10-12H,9H2,1-2H3,(H,19,22). The Labute approximate surface area is 139 Å². The number of carbonyl (C=O) groups is 1. The molecule has 3 aromatic rings. The van der Waals surface area contributed by atoms with Crippen LogP contribution in [0, 0.1) is 6.92 Å². The molecule has 1 amide bonds. The zero-order valence-electron chi connectivity index (χ0n) is 13.1. The molecule has 0 aliphatic heterocycles. The highest BCUT2D eigenvalue weighted by atomic mass is 32.1. The van der Waals surface area contributed by atoms with Gasteiger partial charge in [-0.3, -0.25) is 4.79 Å². The predicted molar refractivity (Wildman–Crippen MR) is 91.4 cm³/mol. The summed E-state index contributed by atoms with van der Waals surface area (Å²) in [6.07, 6.45) is 5.36. The molecule has 5 nitrogen and oxygen atoms in total. The molecule has 0 aliphatic rings. The number of amides is 1. The first kappa shape index (κ1) is 15.4. The highest BCUT2D eigenvalue weighted by Crippen LogP contribution is 2.24. The van der Waals surface area contributed by atoms with Gasteiger partial charge in [0.25, 0.3) is 5.91 Å². The Morgan fingerprint density at radius 1 is 1.43 bits per heavy atom. The van der Waals surface area contributed by atoms with Gasteiger partial charge in [0.05, 0.1) is 6.33 Å². The Morgan fingerprint density at radius 2 is 2.30 bits per heavy atom. The van der Waals surface area contributed by atoms with E-state index in [4.69, 9.17) is 0 Å². The summed E-state index contributed by atoms with van der Waals surface area (Å²) in [6, 6.07) is 7.59. The number of hydrogen-bond acceptors (Lipinski definition) is 4. The van der Waals surface area contributed by atoms with E-state index >= 15 is 0 Å². The van der Waals surface area contributed by atoms with E-state index in [1.165, 1.54) is 0 Å². The third-order valence-corrected chi connectivity index (χ3v) is 4.42. The molecule has 0 radical (unpaired) electrons. The first-order valence-electron chi connectivity index (χ1n) is 7.41. The molecule has 0 fully saturated rings. The van der Waals surface area contributed by atoms with E-state index < -0.39 is 0 Å². The van der Waals surface area contributed by atoms with Gasteiger partial charge in [-0.15, -0.1) is 11.3 Å². The summed E-state index contributed by atoms with van der Waals surface area (Å²) in [7, 11) is 0. The fraction of sp³-hybridized carbons (Fsp3) is 0.235. The highest BCUT2D eigenvalue weighted by Gasteiger charge is 2.12. The van der Waals surface area contributed by atoms with Gasteiger partial charge in [0.15, 0.2) is 0 Å². The number of hydrogen-bond donors (Lipinski definition) is 1. The first-order valence-corrected chi connectivity index (χ1v) is 8.29. The Balaban J connectivity index is 1.70. The number of aromatic nitrogens is 3. The van der Waals surface area contributed by atoms with E-state index in [0.29, 0.717) is 12.1 Å². The maximum atomic E-state index is 12.4. The number of rotatable bonds is 5. The molecule has 0 saturated carbocycles. The number of aryl methyl sites for hydroxylation is 1. The van der Waals surface area contributed by atoms with E-state index in [-0.39, 0.29) is 11.9 Å². The average Bonchev–Trinajstić information content (AvgIpc) is 3.19. The Hall–Kier alpha value is -2.47. The maximum Gasteiger partial charge on any atom is 0.251 e. The van der Waals surface area contributed by atoms with Crippen molar-refractivity contribution in [2.24, 2.45) is 0 Å². The number of thiazole rings is 1. The Bertz CT molecular complexity index is 795. The van der Waals surface area contributed by atoms with Crippen LogP contribution in [-0.2, 0) is 6.54 Å². The lowest BCUT2D eigenvalue weighted by Crippen LogP contribution is -2.35. The van der Waals surface area contributed by atoms with Crippen LogP contribution in [0.2, 0.25) is 0 Å². The Morgan fingerprint density at radius 3 is 3.00 bits per heavy atom. The van der Waals surface area contributed by atoms with Crippen LogP contribution in [0.15, 0.2) is 48.4 Å². The van der Waals surface area contributed by atoms with Crippen LogP contribution in [0.3, 0.4) is 0 Å². The summed E-state index contributed by atoms with van der Waals surface area (Å²) < 4.78 is 1.94.